The Balaban J connectivity index is 5.01. The van der Waals surface area contributed by atoms with Gasteiger partial charge in [-0.1, -0.05) is 43.9 Å². The van der Waals surface area contributed by atoms with Crippen molar-refractivity contribution in [2.24, 2.45) is 11.8 Å². The summed E-state index contributed by atoms with van der Waals surface area (Å²) in [6.07, 6.45) is 3.33. The zero-order valence-electron chi connectivity index (χ0n) is 12.4. The van der Waals surface area contributed by atoms with Crippen LogP contribution >= 0.6 is 0 Å². The Hall–Kier alpha value is -1.08. The molecule has 1 N–H and O–H groups in total. The summed E-state index contributed by atoms with van der Waals surface area (Å²) < 4.78 is 0. The Morgan fingerprint density at radius 3 is 2.00 bits per heavy atom. The first kappa shape index (κ1) is 16.9. The maximum absolute atomic E-state index is 10.7. The van der Waals surface area contributed by atoms with Crippen molar-refractivity contribution in [2.45, 2.75) is 46.1 Å². The minimum Gasteiger partial charge on any atom is -0.386 e. The quantitative estimate of drug-likeness (QED) is 0.619. The molecule has 0 aliphatic heterocycles. The molecule has 0 rings (SSSR count). The molecule has 0 amide bonds. The van der Waals surface area contributed by atoms with Crippen LogP contribution in [0.2, 0.25) is 0 Å². The molecule has 0 fully saturated rings. The molecule has 0 aromatic heterocycles. The Morgan fingerprint density at radius 2 is 1.72 bits per heavy atom. The molecular formula is C17H28O. The Morgan fingerprint density at radius 1 is 1.22 bits per heavy atom. The molecule has 1 nitrogen and oxygen atoms in total. The molecule has 3 atom stereocenters. The maximum Gasteiger partial charge on any atom is 0.0840 e. The fourth-order valence-electron chi connectivity index (χ4n) is 2.29. The Labute approximate surface area is 113 Å². The van der Waals surface area contributed by atoms with Gasteiger partial charge < -0.3 is 5.11 Å². The zero-order chi connectivity index (χ0) is 14.5. The van der Waals surface area contributed by atoms with E-state index in [2.05, 4.69) is 33.2 Å². The van der Waals surface area contributed by atoms with Crippen LogP contribution in [0.1, 0.15) is 40.5 Å². The van der Waals surface area contributed by atoms with Crippen LogP contribution in [0.3, 0.4) is 0 Å². The van der Waals surface area contributed by atoms with Gasteiger partial charge in [0.05, 0.1) is 5.60 Å². The lowest BCUT2D eigenvalue weighted by molar-refractivity contribution is 0.0723. The highest BCUT2D eigenvalue weighted by Gasteiger charge is 2.31. The topological polar surface area (TPSA) is 20.2 Å². The second kappa shape index (κ2) is 6.75. The van der Waals surface area contributed by atoms with Crippen molar-refractivity contribution in [1.82, 2.24) is 0 Å². The summed E-state index contributed by atoms with van der Waals surface area (Å²) in [5.74, 6) is 0.273. The standard InChI is InChI=1S/C17H28O/c1-9-15(12(3)4)11-17(8,18)14(7)16(10-2)13(5)6/h9,15-16,18H,1,3,5,7,10-11H2,2,4,6,8H3. The van der Waals surface area contributed by atoms with Crippen molar-refractivity contribution in [3.63, 3.8) is 0 Å². The number of allylic oxidation sites excluding steroid dienone is 3. The average molecular weight is 248 g/mol. The van der Waals surface area contributed by atoms with Crippen molar-refractivity contribution in [3.8, 4) is 0 Å². The van der Waals surface area contributed by atoms with Crippen LogP contribution in [0, 0.1) is 11.8 Å². The summed E-state index contributed by atoms with van der Waals surface area (Å²) in [5.41, 5.74) is 1.98. The number of rotatable bonds is 8. The Bertz CT molecular complexity index is 347. The minimum absolute atomic E-state index is 0.111. The fraction of sp³-hybridized carbons (Fsp3) is 0.529. The van der Waals surface area contributed by atoms with Crippen LogP contribution in [0.5, 0.6) is 0 Å². The van der Waals surface area contributed by atoms with Crippen LogP contribution < -0.4 is 0 Å². The smallest absolute Gasteiger partial charge is 0.0840 e. The second-order valence-corrected chi connectivity index (χ2v) is 5.50. The second-order valence-electron chi connectivity index (χ2n) is 5.50. The van der Waals surface area contributed by atoms with E-state index < -0.39 is 5.60 Å². The lowest BCUT2D eigenvalue weighted by Crippen LogP contribution is -2.33. The molecule has 0 aliphatic carbocycles. The molecule has 0 heterocycles. The molecule has 102 valence electrons. The molecule has 1 heteroatoms. The predicted octanol–water partition coefficient (Wildman–Crippen LogP) is 4.66. The first-order valence-corrected chi connectivity index (χ1v) is 6.52. The maximum atomic E-state index is 10.7. The van der Waals surface area contributed by atoms with Gasteiger partial charge in [0.1, 0.15) is 0 Å². The van der Waals surface area contributed by atoms with E-state index in [-0.39, 0.29) is 11.8 Å². The monoisotopic (exact) mass is 248 g/mol. The molecule has 0 spiro atoms. The molecule has 0 aromatic carbocycles. The highest BCUT2D eigenvalue weighted by molar-refractivity contribution is 5.24. The van der Waals surface area contributed by atoms with Crippen LogP contribution in [0.25, 0.3) is 0 Å². The molecule has 18 heavy (non-hydrogen) atoms. The molecule has 0 bridgehead atoms. The van der Waals surface area contributed by atoms with Crippen molar-refractivity contribution in [2.75, 3.05) is 0 Å². The van der Waals surface area contributed by atoms with E-state index in [4.69, 9.17) is 0 Å². The van der Waals surface area contributed by atoms with Crippen molar-refractivity contribution < 1.29 is 5.11 Å². The van der Waals surface area contributed by atoms with Gasteiger partial charge in [0, 0.05) is 5.92 Å². The van der Waals surface area contributed by atoms with E-state index in [1.807, 2.05) is 26.8 Å². The van der Waals surface area contributed by atoms with E-state index in [9.17, 15) is 5.11 Å². The molecule has 0 aliphatic rings. The van der Waals surface area contributed by atoms with E-state index in [0.717, 1.165) is 23.1 Å². The summed E-state index contributed by atoms with van der Waals surface area (Å²) in [4.78, 5) is 0. The van der Waals surface area contributed by atoms with Gasteiger partial charge in [-0.15, -0.1) is 6.58 Å². The third kappa shape index (κ3) is 4.30. The minimum atomic E-state index is -0.919. The molecule has 0 saturated heterocycles. The Kier molecular flexibility index (Phi) is 6.34. The number of hydrogen-bond donors (Lipinski definition) is 1. The fourth-order valence-corrected chi connectivity index (χ4v) is 2.29. The summed E-state index contributed by atoms with van der Waals surface area (Å²) in [6, 6.07) is 0. The zero-order valence-corrected chi connectivity index (χ0v) is 12.4. The van der Waals surface area contributed by atoms with Gasteiger partial charge in [0.15, 0.2) is 0 Å². The van der Waals surface area contributed by atoms with E-state index in [1.165, 1.54) is 0 Å². The van der Waals surface area contributed by atoms with E-state index in [1.54, 1.807) is 0 Å². The van der Waals surface area contributed by atoms with E-state index in [0.29, 0.717) is 6.42 Å². The van der Waals surface area contributed by atoms with Crippen molar-refractivity contribution in [1.29, 1.82) is 0 Å². The van der Waals surface area contributed by atoms with Crippen LogP contribution in [0.15, 0.2) is 49.1 Å². The van der Waals surface area contributed by atoms with Crippen LogP contribution in [-0.4, -0.2) is 10.7 Å². The van der Waals surface area contributed by atoms with Gasteiger partial charge in [0.25, 0.3) is 0 Å². The lowest BCUT2D eigenvalue weighted by atomic mass is 9.76. The summed E-state index contributed by atoms with van der Waals surface area (Å²) in [7, 11) is 0. The highest BCUT2D eigenvalue weighted by Crippen LogP contribution is 2.35. The lowest BCUT2D eigenvalue weighted by Gasteiger charge is -2.34. The third-order valence-electron chi connectivity index (χ3n) is 3.65. The molecule has 0 radical (unpaired) electrons. The first-order valence-electron chi connectivity index (χ1n) is 6.52. The first-order chi connectivity index (χ1) is 8.17. The molecule has 3 unspecified atom stereocenters. The van der Waals surface area contributed by atoms with Crippen molar-refractivity contribution in [3.05, 3.63) is 49.1 Å². The van der Waals surface area contributed by atoms with Gasteiger partial charge in [-0.3, -0.25) is 0 Å². The number of hydrogen-bond acceptors (Lipinski definition) is 1. The van der Waals surface area contributed by atoms with E-state index >= 15 is 0 Å². The third-order valence-corrected chi connectivity index (χ3v) is 3.65. The number of aliphatic hydroxyl groups is 1. The largest absolute Gasteiger partial charge is 0.386 e. The summed E-state index contributed by atoms with van der Waals surface area (Å²) in [6.45, 7) is 23.7. The van der Waals surface area contributed by atoms with Gasteiger partial charge in [-0.25, -0.2) is 0 Å². The van der Waals surface area contributed by atoms with Gasteiger partial charge in [-0.2, -0.15) is 0 Å². The van der Waals surface area contributed by atoms with Gasteiger partial charge in [-0.05, 0) is 45.1 Å². The molecule has 0 aromatic rings. The molecular weight excluding hydrogens is 220 g/mol. The van der Waals surface area contributed by atoms with Gasteiger partial charge >= 0.3 is 0 Å². The predicted molar refractivity (Wildman–Crippen MR) is 81.5 cm³/mol. The van der Waals surface area contributed by atoms with Crippen molar-refractivity contribution >= 4 is 0 Å². The van der Waals surface area contributed by atoms with Gasteiger partial charge in [0.2, 0.25) is 0 Å². The SMILES string of the molecule is C=CC(CC(C)(O)C(=C)C(CC)C(=C)C)C(=C)C. The average Bonchev–Trinajstić information content (AvgIpc) is 2.25. The normalized spacial score (nSPS) is 17.4. The van der Waals surface area contributed by atoms with Crippen LogP contribution in [-0.2, 0) is 0 Å². The molecule has 0 saturated carbocycles. The highest BCUT2D eigenvalue weighted by atomic mass is 16.3. The summed E-state index contributed by atoms with van der Waals surface area (Å²) in [5, 5.41) is 10.7. The van der Waals surface area contributed by atoms with Crippen LogP contribution in [0.4, 0.5) is 0 Å². The summed E-state index contributed by atoms with van der Waals surface area (Å²) >= 11 is 0.